The molecular weight excluding hydrogens is 482 g/mol. The van der Waals surface area contributed by atoms with Crippen molar-refractivity contribution in [2.24, 2.45) is 5.92 Å². The van der Waals surface area contributed by atoms with Crippen molar-refractivity contribution in [3.8, 4) is 0 Å². The summed E-state index contributed by atoms with van der Waals surface area (Å²) in [5.74, 6) is 0.129. The van der Waals surface area contributed by atoms with Crippen LogP contribution in [0.3, 0.4) is 0 Å². The molecule has 0 spiro atoms. The molecule has 1 aliphatic carbocycles. The highest BCUT2D eigenvalue weighted by molar-refractivity contribution is 6.99. The SMILES string of the molecule is CC(C)(C)[Si](OC[C@@]1(c2ccccc2)C[C@H]1/C=[N+](\[O-])Cc1ccccc1)(c1ccccc1)c1ccccc1. The Morgan fingerprint density at radius 2 is 1.26 bits per heavy atom. The van der Waals surface area contributed by atoms with Gasteiger partial charge in [0.15, 0.2) is 12.8 Å². The Hall–Kier alpha value is -3.47. The van der Waals surface area contributed by atoms with E-state index in [4.69, 9.17) is 4.43 Å². The first kappa shape index (κ1) is 26.1. The number of hydroxylamine groups is 1. The largest absolute Gasteiger partial charge is 0.624 e. The summed E-state index contributed by atoms with van der Waals surface area (Å²) in [5.41, 5.74) is 2.05. The number of hydrogen-bond acceptors (Lipinski definition) is 2. The van der Waals surface area contributed by atoms with E-state index in [1.807, 2.05) is 36.5 Å². The number of benzene rings is 4. The number of rotatable bonds is 9. The van der Waals surface area contributed by atoms with Crippen molar-refractivity contribution < 1.29 is 9.16 Å². The van der Waals surface area contributed by atoms with E-state index in [0.717, 1.165) is 16.7 Å². The minimum Gasteiger partial charge on any atom is -0.624 e. The average Bonchev–Trinajstić information content (AvgIpc) is 3.63. The van der Waals surface area contributed by atoms with E-state index in [2.05, 4.69) is 112 Å². The molecule has 194 valence electrons. The Kier molecular flexibility index (Phi) is 7.38. The molecule has 1 saturated carbocycles. The van der Waals surface area contributed by atoms with Crippen LogP contribution in [0.4, 0.5) is 0 Å². The molecule has 4 heteroatoms. The zero-order valence-corrected chi connectivity index (χ0v) is 23.6. The molecule has 1 aliphatic rings. The predicted molar refractivity (Wildman–Crippen MR) is 160 cm³/mol. The van der Waals surface area contributed by atoms with Crippen LogP contribution in [0, 0.1) is 11.1 Å². The molecule has 38 heavy (non-hydrogen) atoms. The second kappa shape index (κ2) is 10.7. The summed E-state index contributed by atoms with van der Waals surface area (Å²) in [6, 6.07) is 42.1. The van der Waals surface area contributed by atoms with Gasteiger partial charge >= 0.3 is 0 Å². The van der Waals surface area contributed by atoms with Gasteiger partial charge in [-0.2, -0.15) is 0 Å². The van der Waals surface area contributed by atoms with Crippen LogP contribution in [0.2, 0.25) is 5.04 Å². The minimum atomic E-state index is -2.69. The van der Waals surface area contributed by atoms with Crippen LogP contribution in [0.1, 0.15) is 38.3 Å². The summed E-state index contributed by atoms with van der Waals surface area (Å²) in [5, 5.41) is 15.5. The van der Waals surface area contributed by atoms with Crippen molar-refractivity contribution in [2.45, 2.75) is 44.2 Å². The predicted octanol–water partition coefficient (Wildman–Crippen LogP) is 6.30. The highest BCUT2D eigenvalue weighted by atomic mass is 28.4. The fourth-order valence-electron chi connectivity index (χ4n) is 5.90. The van der Waals surface area contributed by atoms with Gasteiger partial charge in [0.05, 0.1) is 5.92 Å². The molecule has 3 nitrogen and oxygen atoms in total. The van der Waals surface area contributed by atoms with Gasteiger partial charge in [-0.15, -0.1) is 0 Å². The summed E-state index contributed by atoms with van der Waals surface area (Å²) in [7, 11) is -2.69. The number of nitrogens with zero attached hydrogens (tertiary/aromatic N) is 1. The number of hydrogen-bond donors (Lipinski definition) is 0. The third kappa shape index (κ3) is 5.11. The minimum absolute atomic E-state index is 0.0977. The molecular formula is C34H37NO2Si. The van der Waals surface area contributed by atoms with Crippen molar-refractivity contribution in [1.29, 1.82) is 0 Å². The Morgan fingerprint density at radius 3 is 1.76 bits per heavy atom. The van der Waals surface area contributed by atoms with Gasteiger partial charge in [0.1, 0.15) is 0 Å². The highest BCUT2D eigenvalue weighted by Gasteiger charge is 2.59. The second-order valence-electron chi connectivity index (χ2n) is 11.5. The standard InChI is InChI=1S/C34H37NO2Si/c1-33(2,3)38(31-20-12-6-13-21-31,32-22-14-7-15-23-32)37-27-34(29-18-10-5-11-19-29)24-30(34)26-35(36)25-28-16-8-4-9-17-28/h4-23,26,30H,24-25,27H2,1-3H3/b35-26-/t30-,34+/m0/s1. The van der Waals surface area contributed by atoms with Crippen LogP contribution in [0.5, 0.6) is 0 Å². The topological polar surface area (TPSA) is 35.3 Å². The zero-order valence-electron chi connectivity index (χ0n) is 22.6. The van der Waals surface area contributed by atoms with Crippen LogP contribution in [0.25, 0.3) is 0 Å². The molecule has 4 aromatic carbocycles. The molecule has 0 heterocycles. The van der Waals surface area contributed by atoms with E-state index in [-0.39, 0.29) is 16.4 Å². The van der Waals surface area contributed by atoms with Gasteiger partial charge in [0, 0.05) is 17.6 Å². The summed E-state index contributed by atoms with van der Waals surface area (Å²) in [6.45, 7) is 7.86. The van der Waals surface area contributed by atoms with Crippen molar-refractivity contribution in [1.82, 2.24) is 0 Å². The van der Waals surface area contributed by atoms with Crippen LogP contribution >= 0.6 is 0 Å². The monoisotopic (exact) mass is 519 g/mol. The van der Waals surface area contributed by atoms with Crippen molar-refractivity contribution in [3.05, 3.63) is 138 Å². The maximum Gasteiger partial charge on any atom is 0.261 e. The quantitative estimate of drug-likeness (QED) is 0.0855. The normalized spacial score (nSPS) is 19.8. The van der Waals surface area contributed by atoms with Gasteiger partial charge in [0.25, 0.3) is 8.32 Å². The van der Waals surface area contributed by atoms with Crippen molar-refractivity contribution in [3.63, 3.8) is 0 Å². The Labute approximate surface area is 228 Å². The van der Waals surface area contributed by atoms with E-state index < -0.39 is 8.32 Å². The first-order valence-electron chi connectivity index (χ1n) is 13.5. The Morgan fingerprint density at radius 1 is 0.789 bits per heavy atom. The molecule has 2 atom stereocenters. The highest BCUT2D eigenvalue weighted by Crippen LogP contribution is 2.54. The molecule has 0 saturated heterocycles. The first-order valence-corrected chi connectivity index (χ1v) is 15.4. The van der Waals surface area contributed by atoms with Gasteiger partial charge in [-0.25, -0.2) is 4.74 Å². The maximum atomic E-state index is 13.0. The van der Waals surface area contributed by atoms with Crippen molar-refractivity contribution in [2.75, 3.05) is 6.61 Å². The smallest absolute Gasteiger partial charge is 0.261 e. The van der Waals surface area contributed by atoms with Crippen LogP contribution < -0.4 is 10.4 Å². The van der Waals surface area contributed by atoms with E-state index in [9.17, 15) is 5.21 Å². The zero-order chi connectivity index (χ0) is 26.6. The lowest BCUT2D eigenvalue weighted by Gasteiger charge is -2.44. The van der Waals surface area contributed by atoms with Gasteiger partial charge in [-0.05, 0) is 27.4 Å². The van der Waals surface area contributed by atoms with Crippen molar-refractivity contribution >= 4 is 24.9 Å². The van der Waals surface area contributed by atoms with E-state index in [0.29, 0.717) is 13.2 Å². The van der Waals surface area contributed by atoms with Crippen LogP contribution in [-0.4, -0.2) is 25.9 Å². The molecule has 0 N–H and O–H groups in total. The summed E-state index contributed by atoms with van der Waals surface area (Å²) in [6.07, 6.45) is 2.79. The van der Waals surface area contributed by atoms with Gasteiger partial charge in [-0.1, -0.05) is 142 Å². The molecule has 1 fully saturated rings. The second-order valence-corrected chi connectivity index (χ2v) is 15.8. The molecule has 0 unspecified atom stereocenters. The first-order chi connectivity index (χ1) is 18.3. The molecule has 4 aromatic rings. The maximum absolute atomic E-state index is 13.0. The molecule has 0 radical (unpaired) electrons. The lowest BCUT2D eigenvalue weighted by Crippen LogP contribution is -2.67. The van der Waals surface area contributed by atoms with Crippen LogP contribution in [0.15, 0.2) is 121 Å². The summed E-state index contributed by atoms with van der Waals surface area (Å²) < 4.78 is 8.48. The fraction of sp³-hybridized carbons (Fsp3) is 0.265. The third-order valence-corrected chi connectivity index (χ3v) is 13.0. The average molecular weight is 520 g/mol. The Bertz CT molecular complexity index is 1310. The van der Waals surface area contributed by atoms with E-state index in [1.54, 1.807) is 0 Å². The third-order valence-electron chi connectivity index (χ3n) is 7.97. The molecule has 5 rings (SSSR count). The molecule has 0 amide bonds. The lowest BCUT2D eigenvalue weighted by atomic mass is 9.94. The Balaban J connectivity index is 1.52. The molecule has 0 aromatic heterocycles. The summed E-state index contributed by atoms with van der Waals surface area (Å²) >= 11 is 0. The summed E-state index contributed by atoms with van der Waals surface area (Å²) in [4.78, 5) is 0. The van der Waals surface area contributed by atoms with E-state index >= 15 is 0 Å². The van der Waals surface area contributed by atoms with Gasteiger partial charge < -0.3 is 9.63 Å². The fourth-order valence-corrected chi connectivity index (χ4v) is 10.5. The molecule has 0 bridgehead atoms. The molecule has 0 aliphatic heterocycles. The van der Waals surface area contributed by atoms with Crippen LogP contribution in [-0.2, 0) is 16.4 Å². The van der Waals surface area contributed by atoms with E-state index in [1.165, 1.54) is 15.9 Å². The van der Waals surface area contributed by atoms with Gasteiger partial charge in [0.2, 0.25) is 0 Å². The van der Waals surface area contributed by atoms with Gasteiger partial charge in [-0.3, -0.25) is 0 Å². The lowest BCUT2D eigenvalue weighted by molar-refractivity contribution is -0.471.